The van der Waals surface area contributed by atoms with E-state index in [0.717, 1.165) is 40.8 Å². The van der Waals surface area contributed by atoms with Gasteiger partial charge in [-0.1, -0.05) is 48.0 Å². The minimum absolute atomic E-state index is 0. The number of amidine groups is 2. The number of aliphatic imine (C=N–C) groups is 3. The standard InChI is InChI=1S/C21H22N6.2ClH/c1-12-7-9-16(13(2)11-12)21(18(22)23)19(26-20(24)27-21)25-17-10-8-14-5-3-4-6-15(14)17;;/h3-7,9,11H,8,10H2,1-2H3,(H3,22,23)(H2,24,27);2*1H. The van der Waals surface area contributed by atoms with Crippen LogP contribution < -0.4 is 11.5 Å². The summed E-state index contributed by atoms with van der Waals surface area (Å²) in [6.45, 7) is 4.00. The third-order valence-electron chi connectivity index (χ3n) is 5.19. The zero-order valence-corrected chi connectivity index (χ0v) is 17.9. The van der Waals surface area contributed by atoms with Crippen molar-refractivity contribution in [1.29, 1.82) is 5.41 Å². The lowest BCUT2D eigenvalue weighted by Crippen LogP contribution is -2.45. The van der Waals surface area contributed by atoms with E-state index in [1.54, 1.807) is 0 Å². The van der Waals surface area contributed by atoms with Crippen LogP contribution in [0.5, 0.6) is 0 Å². The van der Waals surface area contributed by atoms with Gasteiger partial charge in [0.1, 0.15) is 5.84 Å². The fourth-order valence-corrected chi connectivity index (χ4v) is 3.92. The highest BCUT2D eigenvalue weighted by Gasteiger charge is 2.46. The number of nitrogens with one attached hydrogen (secondary N) is 1. The molecular formula is C21H24Cl2N6. The smallest absolute Gasteiger partial charge is 0.219 e. The van der Waals surface area contributed by atoms with Crippen LogP contribution >= 0.6 is 24.8 Å². The van der Waals surface area contributed by atoms with Crippen molar-refractivity contribution in [2.45, 2.75) is 32.2 Å². The van der Waals surface area contributed by atoms with E-state index in [2.05, 4.69) is 22.1 Å². The van der Waals surface area contributed by atoms with Crippen molar-refractivity contribution < 1.29 is 0 Å². The van der Waals surface area contributed by atoms with Gasteiger partial charge in [-0.25, -0.2) is 9.98 Å². The van der Waals surface area contributed by atoms with Crippen LogP contribution in [0, 0.1) is 19.3 Å². The summed E-state index contributed by atoms with van der Waals surface area (Å²) in [7, 11) is 0. The fraction of sp³-hybridized carbons (Fsp3) is 0.238. The summed E-state index contributed by atoms with van der Waals surface area (Å²) < 4.78 is 0. The Morgan fingerprint density at radius 3 is 2.52 bits per heavy atom. The quantitative estimate of drug-likeness (QED) is 0.500. The molecule has 2 aromatic carbocycles. The van der Waals surface area contributed by atoms with Crippen LogP contribution in [0.3, 0.4) is 0 Å². The zero-order valence-electron chi connectivity index (χ0n) is 16.3. The predicted molar refractivity (Wildman–Crippen MR) is 124 cm³/mol. The molecule has 0 spiro atoms. The Hall–Kier alpha value is -2.70. The Labute approximate surface area is 182 Å². The Balaban J connectivity index is 0.00000150. The van der Waals surface area contributed by atoms with E-state index in [-0.39, 0.29) is 36.6 Å². The summed E-state index contributed by atoms with van der Waals surface area (Å²) in [4.78, 5) is 13.7. The van der Waals surface area contributed by atoms with Crippen LogP contribution in [-0.2, 0) is 12.0 Å². The average molecular weight is 431 g/mol. The van der Waals surface area contributed by atoms with E-state index in [9.17, 15) is 0 Å². The molecule has 1 aliphatic carbocycles. The van der Waals surface area contributed by atoms with E-state index in [1.165, 1.54) is 5.56 Å². The third-order valence-corrected chi connectivity index (χ3v) is 5.19. The van der Waals surface area contributed by atoms with E-state index in [0.29, 0.717) is 5.84 Å². The summed E-state index contributed by atoms with van der Waals surface area (Å²) in [5.74, 6) is 0.325. The van der Waals surface area contributed by atoms with Gasteiger partial charge < -0.3 is 11.5 Å². The minimum atomic E-state index is -1.27. The number of hydrogen-bond acceptors (Lipinski definition) is 5. The van der Waals surface area contributed by atoms with Crippen LogP contribution in [0.15, 0.2) is 57.4 Å². The topological polar surface area (TPSA) is 113 Å². The molecule has 4 rings (SSSR count). The lowest BCUT2D eigenvalue weighted by Gasteiger charge is -2.27. The van der Waals surface area contributed by atoms with Gasteiger partial charge in [0.2, 0.25) is 11.5 Å². The average Bonchev–Trinajstić information content (AvgIpc) is 3.17. The van der Waals surface area contributed by atoms with Gasteiger partial charge in [0.05, 0.1) is 5.71 Å². The number of aryl methyl sites for hydroxylation is 3. The van der Waals surface area contributed by atoms with Gasteiger partial charge >= 0.3 is 0 Å². The molecule has 2 aliphatic rings. The number of nitrogens with zero attached hydrogens (tertiary/aromatic N) is 3. The van der Waals surface area contributed by atoms with Crippen molar-refractivity contribution in [2.24, 2.45) is 26.4 Å². The Morgan fingerprint density at radius 2 is 1.83 bits per heavy atom. The molecule has 5 N–H and O–H groups in total. The van der Waals surface area contributed by atoms with Crippen molar-refractivity contribution in [3.8, 4) is 0 Å². The van der Waals surface area contributed by atoms with Gasteiger partial charge in [0.15, 0.2) is 5.84 Å². The second-order valence-corrected chi connectivity index (χ2v) is 7.06. The molecular weight excluding hydrogens is 407 g/mol. The molecule has 0 radical (unpaired) electrons. The lowest BCUT2D eigenvalue weighted by atomic mass is 9.84. The van der Waals surface area contributed by atoms with Gasteiger partial charge in [0, 0.05) is 0 Å². The molecule has 1 heterocycles. The Bertz CT molecular complexity index is 1060. The van der Waals surface area contributed by atoms with Crippen molar-refractivity contribution in [3.63, 3.8) is 0 Å². The summed E-state index contributed by atoms with van der Waals surface area (Å²) in [6, 6.07) is 14.2. The largest absolute Gasteiger partial charge is 0.385 e. The monoisotopic (exact) mass is 430 g/mol. The van der Waals surface area contributed by atoms with Gasteiger partial charge in [-0.05, 0) is 48.9 Å². The summed E-state index contributed by atoms with van der Waals surface area (Å²) in [5, 5.41) is 8.33. The van der Waals surface area contributed by atoms with Crippen LogP contribution in [0.25, 0.3) is 0 Å². The van der Waals surface area contributed by atoms with E-state index in [1.807, 2.05) is 44.2 Å². The number of hydrogen-bond donors (Lipinski definition) is 3. The fourth-order valence-electron chi connectivity index (χ4n) is 3.92. The first kappa shape index (κ1) is 22.6. The molecule has 1 atom stereocenters. The van der Waals surface area contributed by atoms with Crippen molar-refractivity contribution in [3.05, 3.63) is 70.3 Å². The first-order chi connectivity index (χ1) is 12.9. The maximum Gasteiger partial charge on any atom is 0.219 e. The van der Waals surface area contributed by atoms with Crippen molar-refractivity contribution in [1.82, 2.24) is 0 Å². The molecule has 1 aliphatic heterocycles. The molecule has 29 heavy (non-hydrogen) atoms. The Kier molecular flexibility index (Phi) is 6.50. The van der Waals surface area contributed by atoms with E-state index < -0.39 is 5.54 Å². The number of rotatable bonds is 2. The van der Waals surface area contributed by atoms with Gasteiger partial charge in [0.25, 0.3) is 0 Å². The molecule has 0 amide bonds. The highest BCUT2D eigenvalue weighted by molar-refractivity contribution is 6.24. The van der Waals surface area contributed by atoms with Crippen LogP contribution in [0.1, 0.15) is 34.2 Å². The van der Waals surface area contributed by atoms with Gasteiger partial charge in [-0.15, -0.1) is 24.8 Å². The molecule has 152 valence electrons. The summed E-state index contributed by atoms with van der Waals surface area (Å²) in [6.07, 6.45) is 1.76. The maximum absolute atomic E-state index is 8.33. The van der Waals surface area contributed by atoms with Gasteiger partial charge in [-0.2, -0.15) is 4.99 Å². The van der Waals surface area contributed by atoms with Gasteiger partial charge in [-0.3, -0.25) is 5.41 Å². The number of fused-ring (bicyclic) bond motifs is 1. The molecule has 0 fully saturated rings. The number of nitrogens with two attached hydrogens (primary N) is 2. The molecule has 1 unspecified atom stereocenters. The normalized spacial score (nSPS) is 21.0. The van der Waals surface area contributed by atoms with Crippen molar-refractivity contribution in [2.75, 3.05) is 0 Å². The van der Waals surface area contributed by atoms with Crippen LogP contribution in [-0.4, -0.2) is 23.3 Å². The predicted octanol–water partition coefficient (Wildman–Crippen LogP) is 3.44. The summed E-state index contributed by atoms with van der Waals surface area (Å²) >= 11 is 0. The summed E-state index contributed by atoms with van der Waals surface area (Å²) in [5.41, 5.74) is 17.0. The number of guanidine groups is 1. The van der Waals surface area contributed by atoms with Crippen LogP contribution in [0.2, 0.25) is 0 Å². The molecule has 0 aromatic heterocycles. The first-order valence-corrected chi connectivity index (χ1v) is 8.94. The molecule has 6 nitrogen and oxygen atoms in total. The van der Waals surface area contributed by atoms with E-state index in [4.69, 9.17) is 21.9 Å². The molecule has 0 saturated heterocycles. The second-order valence-electron chi connectivity index (χ2n) is 7.06. The van der Waals surface area contributed by atoms with Crippen LogP contribution in [0.4, 0.5) is 0 Å². The highest BCUT2D eigenvalue weighted by Crippen LogP contribution is 2.35. The third kappa shape index (κ3) is 3.66. The Morgan fingerprint density at radius 1 is 1.10 bits per heavy atom. The SMILES string of the molecule is Cc1ccc(C2(C(=N)N)N=C(N)N=C2N=C2CCc3ccccc32)c(C)c1.Cl.Cl. The zero-order chi connectivity index (χ0) is 19.2. The molecule has 0 saturated carbocycles. The minimum Gasteiger partial charge on any atom is -0.385 e. The molecule has 2 aromatic rings. The first-order valence-electron chi connectivity index (χ1n) is 8.94. The highest BCUT2D eigenvalue weighted by atomic mass is 35.5. The number of halogens is 2. The van der Waals surface area contributed by atoms with Crippen molar-refractivity contribution >= 4 is 48.2 Å². The molecule has 0 bridgehead atoms. The molecule has 8 heteroatoms. The second kappa shape index (κ2) is 8.35. The number of benzene rings is 2. The maximum atomic E-state index is 8.33. The lowest BCUT2D eigenvalue weighted by molar-refractivity contribution is 0.796. The van der Waals surface area contributed by atoms with E-state index >= 15 is 0 Å².